The van der Waals surface area contributed by atoms with Crippen molar-refractivity contribution in [2.75, 3.05) is 0 Å². The fraction of sp³-hybridized carbons (Fsp3) is 0.125. The van der Waals surface area contributed by atoms with E-state index in [1.165, 1.54) is 16.3 Å². The molecule has 0 aliphatic rings. The van der Waals surface area contributed by atoms with Crippen LogP contribution in [0.4, 0.5) is 0 Å². The Labute approximate surface area is 167 Å². The highest BCUT2D eigenvalue weighted by Crippen LogP contribution is 2.28. The van der Waals surface area contributed by atoms with Gasteiger partial charge in [0.25, 0.3) is 5.56 Å². The van der Waals surface area contributed by atoms with Gasteiger partial charge in [0.15, 0.2) is 11.2 Å². The van der Waals surface area contributed by atoms with E-state index in [4.69, 9.17) is 4.98 Å². The highest BCUT2D eigenvalue weighted by Gasteiger charge is 2.17. The Bertz CT molecular complexity index is 1360. The SMILES string of the molecule is CC(c1cccc2ccccc12)n1cnc2c(=O)[nH]c(Cc3ccccc3)nc21. The number of hydrogen-bond donors (Lipinski definition) is 1. The smallest absolute Gasteiger partial charge is 0.279 e. The van der Waals surface area contributed by atoms with Crippen molar-refractivity contribution >= 4 is 21.9 Å². The monoisotopic (exact) mass is 380 g/mol. The zero-order chi connectivity index (χ0) is 19.8. The molecular formula is C24H20N4O. The molecule has 0 aliphatic carbocycles. The van der Waals surface area contributed by atoms with E-state index in [-0.39, 0.29) is 11.6 Å². The molecule has 0 radical (unpaired) electrons. The van der Waals surface area contributed by atoms with Crippen molar-refractivity contribution in [1.29, 1.82) is 0 Å². The molecule has 29 heavy (non-hydrogen) atoms. The first-order valence-corrected chi connectivity index (χ1v) is 9.68. The largest absolute Gasteiger partial charge is 0.308 e. The second-order valence-corrected chi connectivity index (χ2v) is 7.24. The summed E-state index contributed by atoms with van der Waals surface area (Å²) in [6.45, 7) is 2.11. The highest BCUT2D eigenvalue weighted by molar-refractivity contribution is 5.86. The molecule has 5 rings (SSSR count). The fourth-order valence-corrected chi connectivity index (χ4v) is 3.89. The molecule has 142 valence electrons. The van der Waals surface area contributed by atoms with Crippen LogP contribution in [0.1, 0.15) is 29.9 Å². The zero-order valence-electron chi connectivity index (χ0n) is 16.0. The normalized spacial score (nSPS) is 12.4. The zero-order valence-corrected chi connectivity index (χ0v) is 16.0. The molecule has 1 N–H and O–H groups in total. The van der Waals surface area contributed by atoms with Crippen molar-refractivity contribution in [1.82, 2.24) is 19.5 Å². The first-order chi connectivity index (χ1) is 14.2. The lowest BCUT2D eigenvalue weighted by molar-refractivity contribution is 0.655. The van der Waals surface area contributed by atoms with Crippen LogP contribution in [0.15, 0.2) is 83.9 Å². The number of hydrogen-bond acceptors (Lipinski definition) is 3. The van der Waals surface area contributed by atoms with Crippen LogP contribution in [-0.4, -0.2) is 19.5 Å². The number of benzene rings is 3. The molecule has 0 saturated heterocycles. The van der Waals surface area contributed by atoms with Crippen LogP contribution in [0.25, 0.3) is 21.9 Å². The van der Waals surface area contributed by atoms with Crippen molar-refractivity contribution in [3.05, 3.63) is 106 Å². The van der Waals surface area contributed by atoms with Crippen LogP contribution in [0.3, 0.4) is 0 Å². The molecule has 2 aromatic heterocycles. The molecule has 1 atom stereocenters. The summed E-state index contributed by atoms with van der Waals surface area (Å²) in [4.78, 5) is 24.6. The van der Waals surface area contributed by atoms with Crippen molar-refractivity contribution in [3.63, 3.8) is 0 Å². The van der Waals surface area contributed by atoms with Crippen molar-refractivity contribution in [2.24, 2.45) is 0 Å². The van der Waals surface area contributed by atoms with Gasteiger partial charge in [-0.25, -0.2) is 9.97 Å². The Morgan fingerprint density at radius 1 is 0.966 bits per heavy atom. The number of nitrogens with zero attached hydrogens (tertiary/aromatic N) is 3. The third kappa shape index (κ3) is 3.10. The Morgan fingerprint density at radius 3 is 2.59 bits per heavy atom. The summed E-state index contributed by atoms with van der Waals surface area (Å²) in [5, 5.41) is 2.38. The molecule has 1 unspecified atom stereocenters. The van der Waals surface area contributed by atoms with E-state index < -0.39 is 0 Å². The third-order valence-corrected chi connectivity index (χ3v) is 5.39. The summed E-state index contributed by atoms with van der Waals surface area (Å²) >= 11 is 0. The van der Waals surface area contributed by atoms with E-state index in [1.807, 2.05) is 47.0 Å². The number of aromatic amines is 1. The molecule has 2 heterocycles. The number of fused-ring (bicyclic) bond motifs is 2. The fourth-order valence-electron chi connectivity index (χ4n) is 3.89. The lowest BCUT2D eigenvalue weighted by Gasteiger charge is -2.17. The van der Waals surface area contributed by atoms with Crippen LogP contribution < -0.4 is 5.56 Å². The van der Waals surface area contributed by atoms with Gasteiger partial charge in [0.05, 0.1) is 12.4 Å². The molecule has 0 spiro atoms. The molecule has 0 saturated carbocycles. The lowest BCUT2D eigenvalue weighted by Crippen LogP contribution is -2.14. The molecular weight excluding hydrogens is 360 g/mol. The van der Waals surface area contributed by atoms with Gasteiger partial charge in [-0.3, -0.25) is 4.79 Å². The van der Waals surface area contributed by atoms with Gasteiger partial charge >= 0.3 is 0 Å². The topological polar surface area (TPSA) is 63.6 Å². The van der Waals surface area contributed by atoms with E-state index >= 15 is 0 Å². The van der Waals surface area contributed by atoms with Crippen LogP contribution in [0.5, 0.6) is 0 Å². The maximum Gasteiger partial charge on any atom is 0.279 e. The van der Waals surface area contributed by atoms with Gasteiger partial charge in [0, 0.05) is 6.42 Å². The minimum atomic E-state index is -0.204. The van der Waals surface area contributed by atoms with Gasteiger partial charge in [0.2, 0.25) is 0 Å². The molecule has 5 heteroatoms. The lowest BCUT2D eigenvalue weighted by atomic mass is 9.99. The van der Waals surface area contributed by atoms with Crippen LogP contribution in [0, 0.1) is 0 Å². The molecule has 0 fully saturated rings. The summed E-state index contributed by atoms with van der Waals surface area (Å²) < 4.78 is 1.99. The molecule has 0 bridgehead atoms. The van der Waals surface area contributed by atoms with E-state index in [1.54, 1.807) is 6.33 Å². The van der Waals surface area contributed by atoms with E-state index in [0.717, 1.165) is 5.56 Å². The van der Waals surface area contributed by atoms with Crippen LogP contribution in [0.2, 0.25) is 0 Å². The number of H-pyrrole nitrogens is 1. The predicted molar refractivity (Wildman–Crippen MR) is 115 cm³/mol. The number of aromatic nitrogens is 4. The van der Waals surface area contributed by atoms with E-state index in [2.05, 4.69) is 47.2 Å². The maximum atomic E-state index is 12.6. The minimum Gasteiger partial charge on any atom is -0.308 e. The molecule has 5 aromatic rings. The van der Waals surface area contributed by atoms with Gasteiger partial charge in [-0.05, 0) is 28.8 Å². The molecule has 0 aliphatic heterocycles. The summed E-state index contributed by atoms with van der Waals surface area (Å²) in [5.74, 6) is 0.639. The van der Waals surface area contributed by atoms with Gasteiger partial charge < -0.3 is 9.55 Å². The Kier molecular flexibility index (Phi) is 4.21. The average molecular weight is 380 g/mol. The Balaban J connectivity index is 1.62. The van der Waals surface area contributed by atoms with Crippen LogP contribution in [-0.2, 0) is 6.42 Å². The van der Waals surface area contributed by atoms with E-state index in [9.17, 15) is 4.79 Å². The summed E-state index contributed by atoms with van der Waals surface area (Å²) in [7, 11) is 0. The summed E-state index contributed by atoms with van der Waals surface area (Å²) in [5.41, 5.74) is 3.05. The second kappa shape index (κ2) is 7.02. The Morgan fingerprint density at radius 2 is 1.72 bits per heavy atom. The maximum absolute atomic E-state index is 12.6. The second-order valence-electron chi connectivity index (χ2n) is 7.24. The van der Waals surface area contributed by atoms with Gasteiger partial charge in [-0.15, -0.1) is 0 Å². The average Bonchev–Trinajstić information content (AvgIpc) is 3.18. The van der Waals surface area contributed by atoms with Crippen molar-refractivity contribution in [3.8, 4) is 0 Å². The van der Waals surface area contributed by atoms with Crippen molar-refractivity contribution in [2.45, 2.75) is 19.4 Å². The Hall–Kier alpha value is -3.73. The van der Waals surface area contributed by atoms with Gasteiger partial charge in [0.1, 0.15) is 5.82 Å². The number of imidazole rings is 1. The first-order valence-electron chi connectivity index (χ1n) is 9.68. The van der Waals surface area contributed by atoms with E-state index in [0.29, 0.717) is 23.4 Å². The number of nitrogens with one attached hydrogen (secondary N) is 1. The molecule has 5 nitrogen and oxygen atoms in total. The standard InChI is InChI=1S/C24H20N4O/c1-16(19-13-7-11-18-10-5-6-12-20(18)19)28-15-25-22-23(28)26-21(27-24(22)29)14-17-8-3-2-4-9-17/h2-13,15-16H,14H2,1H3,(H,26,27,29). The first kappa shape index (κ1) is 17.4. The molecule has 3 aromatic carbocycles. The minimum absolute atomic E-state index is 0.00928. The molecule has 0 amide bonds. The third-order valence-electron chi connectivity index (χ3n) is 5.39. The predicted octanol–water partition coefficient (Wildman–Crippen LogP) is 4.47. The van der Waals surface area contributed by atoms with Crippen LogP contribution >= 0.6 is 0 Å². The highest BCUT2D eigenvalue weighted by atomic mass is 16.1. The van der Waals surface area contributed by atoms with Crippen molar-refractivity contribution < 1.29 is 0 Å². The number of rotatable bonds is 4. The van der Waals surface area contributed by atoms with Gasteiger partial charge in [-0.2, -0.15) is 0 Å². The summed E-state index contributed by atoms with van der Waals surface area (Å²) in [6.07, 6.45) is 2.28. The van der Waals surface area contributed by atoms with Gasteiger partial charge in [-0.1, -0.05) is 72.8 Å². The summed E-state index contributed by atoms with van der Waals surface area (Å²) in [6, 6.07) is 24.6. The quantitative estimate of drug-likeness (QED) is 0.500.